The summed E-state index contributed by atoms with van der Waals surface area (Å²) in [7, 11) is 2.14. The first-order chi connectivity index (χ1) is 8.08. The monoisotopic (exact) mass is 238 g/mol. The minimum Gasteiger partial charge on any atom is -0.462 e. The zero-order valence-electron chi connectivity index (χ0n) is 11.0. The quantitative estimate of drug-likeness (QED) is 0.532. The number of likely N-dealkylation sites (N-methyl/N-ethyl adjacent to an activating group) is 1. The van der Waals surface area contributed by atoms with Crippen molar-refractivity contribution in [3.63, 3.8) is 0 Å². The molecule has 0 saturated carbocycles. The molecule has 0 bridgehead atoms. The van der Waals surface area contributed by atoms with E-state index < -0.39 is 0 Å². The van der Waals surface area contributed by atoms with E-state index in [1.165, 1.54) is 6.92 Å². The van der Waals surface area contributed by atoms with Gasteiger partial charge < -0.3 is 9.64 Å². The van der Waals surface area contributed by atoms with Gasteiger partial charge in [-0.25, -0.2) is 0 Å². The minimum atomic E-state index is -0.238. The summed E-state index contributed by atoms with van der Waals surface area (Å²) in [6.45, 7) is 8.52. The lowest BCUT2D eigenvalue weighted by Crippen LogP contribution is -2.44. The van der Waals surface area contributed by atoms with E-state index in [9.17, 15) is 4.79 Å². The van der Waals surface area contributed by atoms with Crippen LogP contribution in [-0.4, -0.2) is 61.6 Å². The average Bonchev–Trinajstić information content (AvgIpc) is 2.26. The van der Waals surface area contributed by atoms with Crippen molar-refractivity contribution >= 4 is 5.97 Å². The van der Waals surface area contributed by atoms with E-state index in [4.69, 9.17) is 4.74 Å². The van der Waals surface area contributed by atoms with E-state index in [1.807, 2.05) is 6.92 Å². The molecular weight excluding hydrogens is 216 g/mol. The van der Waals surface area contributed by atoms with Gasteiger partial charge in [0.25, 0.3) is 0 Å². The molecule has 0 radical (unpaired) electrons. The number of piperazine rings is 1. The van der Waals surface area contributed by atoms with Crippen molar-refractivity contribution in [2.75, 3.05) is 39.8 Å². The van der Waals surface area contributed by atoms with Crippen molar-refractivity contribution in [2.45, 2.75) is 26.4 Å². The molecule has 0 aliphatic carbocycles. The van der Waals surface area contributed by atoms with Gasteiger partial charge in [0.2, 0.25) is 0 Å². The summed E-state index contributed by atoms with van der Waals surface area (Å²) in [6, 6.07) is 0. The molecule has 0 spiro atoms. The number of hydrogen-bond donors (Lipinski definition) is 0. The standard InChI is InChI=1S/C13H22N2O2/c1-12(17-13(2)16)6-4-5-7-15-10-8-14(3)9-11-15/h12H,6-11H2,1-3H3/t12-/m1/s1. The van der Waals surface area contributed by atoms with Gasteiger partial charge in [-0.05, 0) is 14.0 Å². The summed E-state index contributed by atoms with van der Waals surface area (Å²) in [4.78, 5) is 15.4. The molecule has 17 heavy (non-hydrogen) atoms. The predicted molar refractivity (Wildman–Crippen MR) is 67.6 cm³/mol. The summed E-state index contributed by atoms with van der Waals surface area (Å²) < 4.78 is 4.99. The number of carbonyl (C=O) groups excluding carboxylic acids is 1. The van der Waals surface area contributed by atoms with Crippen molar-refractivity contribution in [3.8, 4) is 11.8 Å². The van der Waals surface area contributed by atoms with Gasteiger partial charge in [-0.2, -0.15) is 0 Å². The Morgan fingerprint density at radius 1 is 1.29 bits per heavy atom. The third-order valence-corrected chi connectivity index (χ3v) is 2.78. The molecule has 1 heterocycles. The highest BCUT2D eigenvalue weighted by Crippen LogP contribution is 1.98. The fourth-order valence-corrected chi connectivity index (χ4v) is 1.71. The van der Waals surface area contributed by atoms with Crippen molar-refractivity contribution in [1.82, 2.24) is 9.80 Å². The molecule has 1 rings (SSSR count). The number of rotatable bonds is 3. The lowest BCUT2D eigenvalue weighted by molar-refractivity contribution is -0.145. The maximum atomic E-state index is 10.7. The van der Waals surface area contributed by atoms with Crippen LogP contribution < -0.4 is 0 Å². The first-order valence-electron chi connectivity index (χ1n) is 6.12. The second-order valence-corrected chi connectivity index (χ2v) is 4.56. The molecule has 0 amide bonds. The molecule has 0 aromatic carbocycles. The second-order valence-electron chi connectivity index (χ2n) is 4.56. The first kappa shape index (κ1) is 14.0. The molecule has 1 fully saturated rings. The van der Waals surface area contributed by atoms with Crippen LogP contribution in [0.15, 0.2) is 0 Å². The Balaban J connectivity index is 2.15. The molecule has 1 saturated heterocycles. The molecule has 0 aromatic heterocycles. The van der Waals surface area contributed by atoms with Gasteiger partial charge in [0, 0.05) is 39.5 Å². The van der Waals surface area contributed by atoms with Crippen LogP contribution in [0.1, 0.15) is 20.3 Å². The van der Waals surface area contributed by atoms with Crippen LogP contribution in [0.5, 0.6) is 0 Å². The Labute approximate surface area is 104 Å². The van der Waals surface area contributed by atoms with Crippen molar-refractivity contribution < 1.29 is 9.53 Å². The molecule has 0 aromatic rings. The number of hydrogen-bond acceptors (Lipinski definition) is 4. The van der Waals surface area contributed by atoms with Crippen LogP contribution in [0.25, 0.3) is 0 Å². The van der Waals surface area contributed by atoms with Gasteiger partial charge in [0.15, 0.2) is 0 Å². The smallest absolute Gasteiger partial charge is 0.302 e. The maximum Gasteiger partial charge on any atom is 0.302 e. The molecule has 1 aliphatic rings. The third-order valence-electron chi connectivity index (χ3n) is 2.78. The van der Waals surface area contributed by atoms with Crippen molar-refractivity contribution in [1.29, 1.82) is 0 Å². The predicted octanol–water partition coefficient (Wildman–Crippen LogP) is 0.579. The van der Waals surface area contributed by atoms with E-state index in [0.29, 0.717) is 6.42 Å². The number of esters is 1. The molecule has 0 unspecified atom stereocenters. The highest BCUT2D eigenvalue weighted by atomic mass is 16.5. The van der Waals surface area contributed by atoms with Crippen LogP contribution in [0.4, 0.5) is 0 Å². The fraction of sp³-hybridized carbons (Fsp3) is 0.769. The SMILES string of the molecule is CC(=O)O[C@H](C)CC#CCN1CCN(C)CC1. The van der Waals surface area contributed by atoms with Crippen LogP contribution >= 0.6 is 0 Å². The maximum absolute atomic E-state index is 10.7. The Morgan fingerprint density at radius 3 is 2.53 bits per heavy atom. The van der Waals surface area contributed by atoms with Crippen LogP contribution in [-0.2, 0) is 9.53 Å². The minimum absolute atomic E-state index is 0.104. The highest BCUT2D eigenvalue weighted by molar-refractivity contribution is 5.66. The lowest BCUT2D eigenvalue weighted by atomic mass is 10.3. The van der Waals surface area contributed by atoms with Gasteiger partial charge in [0.05, 0.1) is 6.54 Å². The lowest BCUT2D eigenvalue weighted by Gasteiger charge is -2.30. The van der Waals surface area contributed by atoms with Crippen LogP contribution in [0.3, 0.4) is 0 Å². The van der Waals surface area contributed by atoms with E-state index >= 15 is 0 Å². The second kappa shape index (κ2) is 7.31. The zero-order valence-corrected chi connectivity index (χ0v) is 11.0. The first-order valence-corrected chi connectivity index (χ1v) is 6.12. The Hall–Kier alpha value is -1.05. The Bertz CT molecular complexity index is 298. The van der Waals surface area contributed by atoms with E-state index in [0.717, 1.165) is 32.7 Å². The Morgan fingerprint density at radius 2 is 1.94 bits per heavy atom. The molecule has 0 N–H and O–H groups in total. The summed E-state index contributed by atoms with van der Waals surface area (Å²) >= 11 is 0. The molecular formula is C13H22N2O2. The average molecular weight is 238 g/mol. The molecule has 96 valence electrons. The van der Waals surface area contributed by atoms with Gasteiger partial charge in [-0.15, -0.1) is 0 Å². The summed E-state index contributed by atoms with van der Waals surface area (Å²) in [5.41, 5.74) is 0. The summed E-state index contributed by atoms with van der Waals surface area (Å²) in [5, 5.41) is 0. The fourth-order valence-electron chi connectivity index (χ4n) is 1.71. The van der Waals surface area contributed by atoms with E-state index in [2.05, 4.69) is 28.7 Å². The molecule has 4 heteroatoms. The molecule has 4 nitrogen and oxygen atoms in total. The number of carbonyl (C=O) groups is 1. The van der Waals surface area contributed by atoms with E-state index in [1.54, 1.807) is 0 Å². The molecule has 1 aliphatic heterocycles. The Kier molecular flexibility index (Phi) is 6.03. The third kappa shape index (κ3) is 6.30. The van der Waals surface area contributed by atoms with Gasteiger partial charge >= 0.3 is 5.97 Å². The van der Waals surface area contributed by atoms with Gasteiger partial charge in [-0.1, -0.05) is 11.8 Å². The zero-order chi connectivity index (χ0) is 12.7. The van der Waals surface area contributed by atoms with E-state index in [-0.39, 0.29) is 12.1 Å². The largest absolute Gasteiger partial charge is 0.462 e. The summed E-state index contributed by atoms with van der Waals surface area (Å²) in [6.07, 6.45) is 0.514. The normalized spacial score (nSPS) is 19.2. The number of nitrogens with zero attached hydrogens (tertiary/aromatic N) is 2. The van der Waals surface area contributed by atoms with Gasteiger partial charge in [0.1, 0.15) is 6.10 Å². The van der Waals surface area contributed by atoms with Crippen LogP contribution in [0, 0.1) is 11.8 Å². The summed E-state index contributed by atoms with van der Waals surface area (Å²) in [5.74, 6) is 5.97. The van der Waals surface area contributed by atoms with Crippen LogP contribution in [0.2, 0.25) is 0 Å². The highest BCUT2D eigenvalue weighted by Gasteiger charge is 2.11. The topological polar surface area (TPSA) is 32.8 Å². The molecule has 1 atom stereocenters. The van der Waals surface area contributed by atoms with Crippen molar-refractivity contribution in [3.05, 3.63) is 0 Å². The number of ether oxygens (including phenoxy) is 1. The van der Waals surface area contributed by atoms with Crippen molar-refractivity contribution in [2.24, 2.45) is 0 Å². The van der Waals surface area contributed by atoms with Gasteiger partial charge in [-0.3, -0.25) is 9.69 Å².